The highest BCUT2D eigenvalue weighted by atomic mass is 16.6. The molecule has 6 nitrogen and oxygen atoms in total. The summed E-state index contributed by atoms with van der Waals surface area (Å²) in [4.78, 5) is 38.3. The van der Waals surface area contributed by atoms with Gasteiger partial charge in [0.1, 0.15) is 13.2 Å². The molecule has 0 aliphatic rings. The molecule has 6 heteroatoms. The second-order valence-electron chi connectivity index (χ2n) is 22.0. The van der Waals surface area contributed by atoms with Gasteiger partial charge in [-0.2, -0.15) is 0 Å². The average molecular weight is 1120 g/mol. The third kappa shape index (κ3) is 66.2. The fourth-order valence-corrected chi connectivity index (χ4v) is 9.16. The lowest BCUT2D eigenvalue weighted by Gasteiger charge is -2.18. The first-order valence-corrected chi connectivity index (χ1v) is 33.7. The van der Waals surface area contributed by atoms with Crippen LogP contribution < -0.4 is 0 Å². The molecule has 0 aromatic heterocycles. The molecule has 0 aliphatic carbocycles. The molecule has 460 valence electrons. The van der Waals surface area contributed by atoms with Crippen molar-refractivity contribution >= 4 is 17.9 Å². The van der Waals surface area contributed by atoms with Crippen LogP contribution in [0.1, 0.15) is 303 Å². The monoisotopic (exact) mass is 1120 g/mol. The van der Waals surface area contributed by atoms with Gasteiger partial charge in [-0.05, 0) is 122 Å². The van der Waals surface area contributed by atoms with Gasteiger partial charge < -0.3 is 14.2 Å². The maximum Gasteiger partial charge on any atom is 0.306 e. The molecular formula is C75H124O6. The highest BCUT2D eigenvalue weighted by Gasteiger charge is 2.19. The van der Waals surface area contributed by atoms with Crippen LogP contribution in [0.2, 0.25) is 0 Å². The van der Waals surface area contributed by atoms with Crippen LogP contribution in [0, 0.1) is 0 Å². The molecule has 0 saturated carbocycles. The Morgan fingerprint density at radius 1 is 0.259 bits per heavy atom. The number of hydrogen-bond donors (Lipinski definition) is 0. The number of hydrogen-bond acceptors (Lipinski definition) is 6. The molecule has 0 aromatic carbocycles. The van der Waals surface area contributed by atoms with E-state index in [1.807, 2.05) is 6.08 Å². The van der Waals surface area contributed by atoms with E-state index in [0.717, 1.165) is 116 Å². The third-order valence-corrected chi connectivity index (χ3v) is 14.1. The van der Waals surface area contributed by atoms with Crippen molar-refractivity contribution in [3.63, 3.8) is 0 Å². The first-order valence-electron chi connectivity index (χ1n) is 33.7. The van der Waals surface area contributed by atoms with Gasteiger partial charge in [-0.3, -0.25) is 14.4 Å². The highest BCUT2D eigenvalue weighted by Crippen LogP contribution is 2.16. The van der Waals surface area contributed by atoms with Crippen LogP contribution in [0.3, 0.4) is 0 Å². The van der Waals surface area contributed by atoms with Gasteiger partial charge >= 0.3 is 17.9 Å². The number of carbonyl (C=O) groups excluding carboxylic acids is 3. The Kier molecular flexibility index (Phi) is 64.3. The molecule has 1 atom stereocenters. The predicted octanol–water partition coefficient (Wildman–Crippen LogP) is 23.3. The molecule has 0 aliphatic heterocycles. The summed E-state index contributed by atoms with van der Waals surface area (Å²) >= 11 is 0. The van der Waals surface area contributed by atoms with Crippen LogP contribution in [-0.2, 0) is 28.6 Å². The summed E-state index contributed by atoms with van der Waals surface area (Å²) in [6.07, 6.45) is 96.3. The number of allylic oxidation sites excluding steroid dienone is 22. The first-order chi connectivity index (χ1) is 40.0. The van der Waals surface area contributed by atoms with Crippen LogP contribution in [0.15, 0.2) is 134 Å². The smallest absolute Gasteiger partial charge is 0.306 e. The van der Waals surface area contributed by atoms with Crippen LogP contribution in [-0.4, -0.2) is 37.2 Å². The van der Waals surface area contributed by atoms with Crippen molar-refractivity contribution in [1.82, 2.24) is 0 Å². The SMILES string of the molecule is CC/C=C\C/C=C\C/C=C\C/C=C\C/C=C\C/C=C\CCCCCCCCC(=O)OCC(COC(=O)CC/C=C\C/C=C\C/C=C\C/C=C\CC)OC(=O)CCCCCCCCCCCCCCC/C=C\CCCCCCCCCC. The van der Waals surface area contributed by atoms with E-state index in [4.69, 9.17) is 14.2 Å². The second-order valence-corrected chi connectivity index (χ2v) is 22.0. The van der Waals surface area contributed by atoms with E-state index < -0.39 is 6.10 Å². The van der Waals surface area contributed by atoms with E-state index in [2.05, 4.69) is 148 Å². The van der Waals surface area contributed by atoms with Crippen LogP contribution in [0.5, 0.6) is 0 Å². The number of esters is 3. The minimum atomic E-state index is -0.819. The number of unbranched alkanes of at least 4 members (excludes halogenated alkanes) is 27. The van der Waals surface area contributed by atoms with Gasteiger partial charge in [-0.15, -0.1) is 0 Å². The van der Waals surface area contributed by atoms with Crippen LogP contribution in [0.25, 0.3) is 0 Å². The quantitative estimate of drug-likeness (QED) is 0.0261. The van der Waals surface area contributed by atoms with Gasteiger partial charge in [-0.25, -0.2) is 0 Å². The Morgan fingerprint density at radius 3 is 0.840 bits per heavy atom. The predicted molar refractivity (Wildman–Crippen MR) is 353 cm³/mol. The molecule has 0 heterocycles. The number of ether oxygens (including phenoxy) is 3. The van der Waals surface area contributed by atoms with Gasteiger partial charge in [0.05, 0.1) is 0 Å². The average Bonchev–Trinajstić information content (AvgIpc) is 3.46. The van der Waals surface area contributed by atoms with Gasteiger partial charge in [-0.1, -0.05) is 296 Å². The summed E-state index contributed by atoms with van der Waals surface area (Å²) in [7, 11) is 0. The summed E-state index contributed by atoms with van der Waals surface area (Å²) in [5.41, 5.74) is 0. The zero-order chi connectivity index (χ0) is 58.5. The molecule has 0 aromatic rings. The lowest BCUT2D eigenvalue weighted by atomic mass is 10.0. The topological polar surface area (TPSA) is 78.9 Å². The molecule has 0 amide bonds. The molecule has 81 heavy (non-hydrogen) atoms. The van der Waals surface area contributed by atoms with Gasteiger partial charge in [0, 0.05) is 19.3 Å². The molecule has 0 saturated heterocycles. The Bertz CT molecular complexity index is 1720. The zero-order valence-corrected chi connectivity index (χ0v) is 52.8. The standard InChI is InChI=1S/C75H124O6/c1-4-7-10-13-16-19-22-25-27-29-31-33-35-37-39-41-43-45-47-50-53-56-59-62-65-68-74(77)80-71-72(70-79-73(76)67-64-61-58-55-52-49-24-21-18-15-12-9-6-3)81-75(78)69-66-63-60-57-54-51-48-46-44-42-40-38-36-34-32-30-28-26-23-20-17-14-11-8-5-2/h7,9-10,12,16,18-19,21,25,27,30-33,37,39,43,45,49,52,58,61,72H,4-6,8,11,13-15,17,20,22-24,26,28-29,34-36,38,40-42,44,46-48,50-51,53-57,59-60,62-71H2,1-3H3/b10-7-,12-9-,19-16-,21-18-,27-25-,32-30-,33-31-,39-37-,45-43-,52-49-,61-58-. The Morgan fingerprint density at radius 2 is 0.506 bits per heavy atom. The Hall–Kier alpha value is -4.45. The summed E-state index contributed by atoms with van der Waals surface area (Å²) in [5, 5.41) is 0. The molecule has 0 N–H and O–H groups in total. The normalized spacial score (nSPS) is 13.0. The van der Waals surface area contributed by atoms with Crippen molar-refractivity contribution in [1.29, 1.82) is 0 Å². The summed E-state index contributed by atoms with van der Waals surface area (Å²) < 4.78 is 16.9. The van der Waals surface area contributed by atoms with E-state index in [9.17, 15) is 14.4 Å². The third-order valence-electron chi connectivity index (χ3n) is 14.1. The summed E-state index contributed by atoms with van der Waals surface area (Å²) in [6.45, 7) is 6.35. The molecule has 0 fully saturated rings. The van der Waals surface area contributed by atoms with E-state index >= 15 is 0 Å². The van der Waals surface area contributed by atoms with E-state index in [1.165, 1.54) is 141 Å². The van der Waals surface area contributed by atoms with Crippen molar-refractivity contribution in [2.24, 2.45) is 0 Å². The minimum absolute atomic E-state index is 0.111. The van der Waals surface area contributed by atoms with E-state index in [1.54, 1.807) is 0 Å². The van der Waals surface area contributed by atoms with Gasteiger partial charge in [0.2, 0.25) is 0 Å². The highest BCUT2D eigenvalue weighted by molar-refractivity contribution is 5.71. The number of rotatable bonds is 60. The lowest BCUT2D eigenvalue weighted by Crippen LogP contribution is -2.30. The van der Waals surface area contributed by atoms with Crippen molar-refractivity contribution in [2.45, 2.75) is 309 Å². The zero-order valence-electron chi connectivity index (χ0n) is 52.8. The molecule has 0 rings (SSSR count). The molecule has 0 spiro atoms. The van der Waals surface area contributed by atoms with Crippen molar-refractivity contribution in [3.8, 4) is 0 Å². The summed E-state index contributed by atoms with van der Waals surface area (Å²) in [6, 6.07) is 0. The maximum atomic E-state index is 12.9. The molecule has 0 radical (unpaired) electrons. The van der Waals surface area contributed by atoms with E-state index in [0.29, 0.717) is 19.3 Å². The Labute approximate surface area is 500 Å². The first kappa shape index (κ1) is 76.5. The lowest BCUT2D eigenvalue weighted by molar-refractivity contribution is -0.166. The number of carbonyl (C=O) groups is 3. The molecule has 1 unspecified atom stereocenters. The maximum absolute atomic E-state index is 12.9. The van der Waals surface area contributed by atoms with Crippen LogP contribution >= 0.6 is 0 Å². The second kappa shape index (κ2) is 68.1. The molecular weight excluding hydrogens is 997 g/mol. The minimum Gasteiger partial charge on any atom is -0.462 e. The van der Waals surface area contributed by atoms with Gasteiger partial charge in [0.15, 0.2) is 6.10 Å². The van der Waals surface area contributed by atoms with Crippen molar-refractivity contribution in [2.75, 3.05) is 13.2 Å². The van der Waals surface area contributed by atoms with Gasteiger partial charge in [0.25, 0.3) is 0 Å². The largest absolute Gasteiger partial charge is 0.462 e. The van der Waals surface area contributed by atoms with Crippen molar-refractivity contribution < 1.29 is 28.6 Å². The Balaban J connectivity index is 4.38. The van der Waals surface area contributed by atoms with Crippen LogP contribution in [0.4, 0.5) is 0 Å². The van der Waals surface area contributed by atoms with E-state index in [-0.39, 0.29) is 37.5 Å². The molecule has 0 bridgehead atoms. The fourth-order valence-electron chi connectivity index (χ4n) is 9.16. The summed E-state index contributed by atoms with van der Waals surface area (Å²) in [5.74, 6) is -1.00. The fraction of sp³-hybridized carbons (Fsp3) is 0.667. The van der Waals surface area contributed by atoms with Crippen molar-refractivity contribution in [3.05, 3.63) is 134 Å².